The molecule has 2 aliphatic rings. The predicted molar refractivity (Wildman–Crippen MR) is 52.6 cm³/mol. The second-order valence-corrected chi connectivity index (χ2v) is 4.46. The Bertz CT molecular complexity index is 174. The van der Waals surface area contributed by atoms with E-state index in [9.17, 15) is 0 Å². The zero-order valence-corrected chi connectivity index (χ0v) is 8.46. The minimum absolute atomic E-state index is 0.0569. The lowest BCUT2D eigenvalue weighted by Crippen LogP contribution is -2.51. The number of nitrogens with two attached hydrogens (primary N) is 1. The Kier molecular flexibility index (Phi) is 2.58. The summed E-state index contributed by atoms with van der Waals surface area (Å²) >= 11 is 0. The van der Waals surface area contributed by atoms with Crippen LogP contribution in [-0.4, -0.2) is 42.8 Å². The normalized spacial score (nSPS) is 34.4. The van der Waals surface area contributed by atoms with Crippen LogP contribution in [0.2, 0.25) is 0 Å². The van der Waals surface area contributed by atoms with E-state index < -0.39 is 0 Å². The van der Waals surface area contributed by atoms with Crippen LogP contribution in [-0.2, 0) is 4.74 Å². The molecule has 0 amide bonds. The Morgan fingerprint density at radius 1 is 1.54 bits per heavy atom. The topological polar surface area (TPSA) is 38.5 Å². The highest BCUT2D eigenvalue weighted by Crippen LogP contribution is 2.29. The summed E-state index contributed by atoms with van der Waals surface area (Å²) in [4.78, 5) is 2.51. The molecule has 1 saturated carbocycles. The molecule has 0 radical (unpaired) electrons. The van der Waals surface area contributed by atoms with Crippen molar-refractivity contribution >= 4 is 0 Å². The summed E-state index contributed by atoms with van der Waals surface area (Å²) in [6.45, 7) is 5.96. The lowest BCUT2D eigenvalue weighted by atomic mass is 9.99. The van der Waals surface area contributed by atoms with Gasteiger partial charge >= 0.3 is 0 Å². The minimum Gasteiger partial charge on any atom is -0.379 e. The van der Waals surface area contributed by atoms with Gasteiger partial charge in [0.1, 0.15) is 0 Å². The highest BCUT2D eigenvalue weighted by molar-refractivity contribution is 4.95. The van der Waals surface area contributed by atoms with E-state index >= 15 is 0 Å². The summed E-state index contributed by atoms with van der Waals surface area (Å²) in [5.74, 6) is 0. The number of likely N-dealkylation sites (N-methyl/N-ethyl adjacent to an activating group) is 1. The molecule has 2 rings (SSSR count). The molecule has 0 aromatic rings. The number of nitrogens with zero attached hydrogens (tertiary/aromatic N) is 1. The van der Waals surface area contributed by atoms with Crippen molar-refractivity contribution in [2.75, 3.05) is 26.3 Å². The summed E-state index contributed by atoms with van der Waals surface area (Å²) in [5, 5.41) is 0. The summed E-state index contributed by atoms with van der Waals surface area (Å²) in [7, 11) is 0. The van der Waals surface area contributed by atoms with Crippen molar-refractivity contribution in [3.05, 3.63) is 0 Å². The van der Waals surface area contributed by atoms with Crippen LogP contribution in [0.15, 0.2) is 0 Å². The fourth-order valence-corrected chi connectivity index (χ4v) is 2.09. The molecule has 76 valence electrons. The smallest absolute Gasteiger partial charge is 0.0659 e. The van der Waals surface area contributed by atoms with Gasteiger partial charge in [0.25, 0.3) is 0 Å². The zero-order valence-electron chi connectivity index (χ0n) is 8.46. The number of rotatable bonds is 4. The SMILES string of the molecule is CCN(CC1(N)CCOC1)C1CC1. The average Bonchev–Trinajstić information content (AvgIpc) is 2.87. The maximum absolute atomic E-state index is 6.23. The molecule has 3 heteroatoms. The van der Waals surface area contributed by atoms with Gasteiger partial charge < -0.3 is 10.5 Å². The van der Waals surface area contributed by atoms with Crippen molar-refractivity contribution in [1.29, 1.82) is 0 Å². The molecule has 1 aliphatic heterocycles. The van der Waals surface area contributed by atoms with Crippen LogP contribution in [0, 0.1) is 0 Å². The third-order valence-electron chi connectivity index (χ3n) is 3.12. The van der Waals surface area contributed by atoms with E-state index in [4.69, 9.17) is 10.5 Å². The van der Waals surface area contributed by atoms with Gasteiger partial charge in [0.05, 0.1) is 12.1 Å². The van der Waals surface area contributed by atoms with Gasteiger partial charge in [-0.3, -0.25) is 4.90 Å². The van der Waals surface area contributed by atoms with E-state index in [1.165, 1.54) is 12.8 Å². The third-order valence-corrected chi connectivity index (χ3v) is 3.12. The Balaban J connectivity index is 1.86. The van der Waals surface area contributed by atoms with Crippen molar-refractivity contribution in [3.8, 4) is 0 Å². The van der Waals surface area contributed by atoms with Crippen LogP contribution in [0.1, 0.15) is 26.2 Å². The first-order chi connectivity index (χ1) is 6.23. The largest absolute Gasteiger partial charge is 0.379 e. The molecule has 1 atom stereocenters. The average molecular weight is 184 g/mol. The zero-order chi connectivity index (χ0) is 9.31. The number of hydrogen-bond acceptors (Lipinski definition) is 3. The molecule has 1 heterocycles. The molecular formula is C10H20N2O. The van der Waals surface area contributed by atoms with E-state index in [0.717, 1.165) is 38.8 Å². The Morgan fingerprint density at radius 3 is 2.77 bits per heavy atom. The molecule has 0 aromatic heterocycles. The molecule has 1 saturated heterocycles. The Hall–Kier alpha value is -0.120. The second kappa shape index (κ2) is 3.56. The van der Waals surface area contributed by atoms with Gasteiger partial charge in [-0.05, 0) is 25.8 Å². The maximum atomic E-state index is 6.23. The fraction of sp³-hybridized carbons (Fsp3) is 1.00. The Labute approximate surface area is 80.2 Å². The molecule has 0 aromatic carbocycles. The standard InChI is InChI=1S/C10H20N2O/c1-2-12(9-3-4-9)7-10(11)5-6-13-8-10/h9H,2-8,11H2,1H3. The lowest BCUT2D eigenvalue weighted by Gasteiger charge is -2.30. The summed E-state index contributed by atoms with van der Waals surface area (Å²) in [5.41, 5.74) is 6.18. The van der Waals surface area contributed by atoms with Crippen LogP contribution < -0.4 is 5.73 Å². The summed E-state index contributed by atoms with van der Waals surface area (Å²) in [6.07, 6.45) is 3.76. The molecule has 2 N–H and O–H groups in total. The van der Waals surface area contributed by atoms with Gasteiger partial charge in [-0.15, -0.1) is 0 Å². The molecule has 3 nitrogen and oxygen atoms in total. The Morgan fingerprint density at radius 2 is 2.31 bits per heavy atom. The van der Waals surface area contributed by atoms with Crippen LogP contribution in [0.5, 0.6) is 0 Å². The molecular weight excluding hydrogens is 164 g/mol. The van der Waals surface area contributed by atoms with Gasteiger partial charge in [0, 0.05) is 19.2 Å². The second-order valence-electron chi connectivity index (χ2n) is 4.46. The highest BCUT2D eigenvalue weighted by Gasteiger charge is 2.36. The minimum atomic E-state index is -0.0569. The molecule has 2 fully saturated rings. The van der Waals surface area contributed by atoms with Crippen LogP contribution in [0.4, 0.5) is 0 Å². The third kappa shape index (κ3) is 2.22. The van der Waals surface area contributed by atoms with E-state index in [2.05, 4.69) is 11.8 Å². The molecule has 1 aliphatic carbocycles. The van der Waals surface area contributed by atoms with Crippen LogP contribution in [0.3, 0.4) is 0 Å². The monoisotopic (exact) mass is 184 g/mol. The first kappa shape index (κ1) is 9.44. The van der Waals surface area contributed by atoms with Gasteiger partial charge in [0.15, 0.2) is 0 Å². The number of hydrogen-bond donors (Lipinski definition) is 1. The van der Waals surface area contributed by atoms with E-state index in [1.54, 1.807) is 0 Å². The lowest BCUT2D eigenvalue weighted by molar-refractivity contribution is 0.152. The molecule has 1 unspecified atom stereocenters. The van der Waals surface area contributed by atoms with Crippen LogP contribution in [0.25, 0.3) is 0 Å². The molecule has 0 spiro atoms. The first-order valence-electron chi connectivity index (χ1n) is 5.34. The number of ether oxygens (including phenoxy) is 1. The van der Waals surface area contributed by atoms with E-state index in [0.29, 0.717) is 0 Å². The molecule has 0 bridgehead atoms. The van der Waals surface area contributed by atoms with Crippen molar-refractivity contribution in [2.24, 2.45) is 5.73 Å². The van der Waals surface area contributed by atoms with Crippen molar-refractivity contribution in [1.82, 2.24) is 4.90 Å². The maximum Gasteiger partial charge on any atom is 0.0659 e. The van der Waals surface area contributed by atoms with Gasteiger partial charge in [-0.2, -0.15) is 0 Å². The van der Waals surface area contributed by atoms with Gasteiger partial charge in [-0.25, -0.2) is 0 Å². The van der Waals surface area contributed by atoms with Crippen molar-refractivity contribution < 1.29 is 4.74 Å². The van der Waals surface area contributed by atoms with Gasteiger partial charge in [-0.1, -0.05) is 6.92 Å². The van der Waals surface area contributed by atoms with Gasteiger partial charge in [0.2, 0.25) is 0 Å². The first-order valence-corrected chi connectivity index (χ1v) is 5.34. The van der Waals surface area contributed by atoms with Crippen molar-refractivity contribution in [2.45, 2.75) is 37.8 Å². The predicted octanol–water partition coefficient (Wildman–Crippen LogP) is 0.588. The van der Waals surface area contributed by atoms with Crippen molar-refractivity contribution in [3.63, 3.8) is 0 Å². The fourth-order valence-electron chi connectivity index (χ4n) is 2.09. The molecule has 13 heavy (non-hydrogen) atoms. The van der Waals surface area contributed by atoms with Crippen LogP contribution >= 0.6 is 0 Å². The van der Waals surface area contributed by atoms with E-state index in [-0.39, 0.29) is 5.54 Å². The quantitative estimate of drug-likeness (QED) is 0.695. The summed E-state index contributed by atoms with van der Waals surface area (Å²) < 4.78 is 5.35. The summed E-state index contributed by atoms with van der Waals surface area (Å²) in [6, 6.07) is 0.825. The van der Waals surface area contributed by atoms with E-state index in [1.807, 2.05) is 0 Å². The highest BCUT2D eigenvalue weighted by atomic mass is 16.5.